The summed E-state index contributed by atoms with van der Waals surface area (Å²) in [4.78, 5) is 47.7. The fourth-order valence-electron chi connectivity index (χ4n) is 2.58. The second-order valence-electron chi connectivity index (χ2n) is 7.48. The number of rotatable bonds is 8. The standard InChI is InChI=1S/C17H28N2O5/c1-10(2)12(8-14(21)24-9-17(3,4)18)13(20)7-11-5-6-19-16(23)15(11)22/h10-12H,5-9,18H2,1-4H3,(H,19,23). The number of nitrogens with two attached hydrogens (primary N) is 1. The molecule has 1 heterocycles. The zero-order valence-corrected chi connectivity index (χ0v) is 14.9. The van der Waals surface area contributed by atoms with E-state index in [0.717, 1.165) is 0 Å². The highest BCUT2D eigenvalue weighted by Gasteiger charge is 2.34. The number of ketones is 2. The van der Waals surface area contributed by atoms with Crippen LogP contribution in [0.2, 0.25) is 0 Å². The summed E-state index contributed by atoms with van der Waals surface area (Å²) >= 11 is 0. The molecule has 24 heavy (non-hydrogen) atoms. The van der Waals surface area contributed by atoms with Gasteiger partial charge in [-0.1, -0.05) is 13.8 Å². The van der Waals surface area contributed by atoms with Crippen LogP contribution in [0.1, 0.15) is 47.0 Å². The van der Waals surface area contributed by atoms with Gasteiger partial charge in [-0.25, -0.2) is 0 Å². The number of hydrogen-bond acceptors (Lipinski definition) is 6. The van der Waals surface area contributed by atoms with Crippen molar-refractivity contribution in [2.75, 3.05) is 13.2 Å². The maximum absolute atomic E-state index is 12.5. The van der Waals surface area contributed by atoms with Gasteiger partial charge in [-0.15, -0.1) is 0 Å². The molecule has 0 radical (unpaired) electrons. The lowest BCUT2D eigenvalue weighted by Crippen LogP contribution is -2.44. The van der Waals surface area contributed by atoms with Gasteiger partial charge in [0.2, 0.25) is 5.78 Å². The summed E-state index contributed by atoms with van der Waals surface area (Å²) < 4.78 is 5.12. The third-order valence-corrected chi connectivity index (χ3v) is 4.03. The summed E-state index contributed by atoms with van der Waals surface area (Å²) in [5.41, 5.74) is 5.14. The minimum Gasteiger partial charge on any atom is -0.464 e. The van der Waals surface area contributed by atoms with E-state index in [9.17, 15) is 19.2 Å². The van der Waals surface area contributed by atoms with E-state index >= 15 is 0 Å². The molecule has 0 bridgehead atoms. The predicted octanol–water partition coefficient (Wildman–Crippen LogP) is 0.594. The highest BCUT2D eigenvalue weighted by molar-refractivity contribution is 6.37. The van der Waals surface area contributed by atoms with Crippen LogP contribution in [0.5, 0.6) is 0 Å². The molecule has 0 aromatic carbocycles. The highest BCUT2D eigenvalue weighted by Crippen LogP contribution is 2.23. The van der Waals surface area contributed by atoms with Crippen LogP contribution < -0.4 is 11.1 Å². The molecule has 2 atom stereocenters. The van der Waals surface area contributed by atoms with Crippen molar-refractivity contribution in [3.05, 3.63) is 0 Å². The number of esters is 1. The van der Waals surface area contributed by atoms with Crippen LogP contribution in [-0.4, -0.2) is 42.1 Å². The van der Waals surface area contributed by atoms with E-state index in [1.54, 1.807) is 13.8 Å². The first kappa shape index (κ1) is 20.3. The maximum atomic E-state index is 12.5. The Kier molecular flexibility index (Phi) is 7.08. The van der Waals surface area contributed by atoms with Crippen molar-refractivity contribution in [3.8, 4) is 0 Å². The molecule has 7 heteroatoms. The number of ether oxygens (including phenoxy) is 1. The Bertz CT molecular complexity index is 508. The van der Waals surface area contributed by atoms with Gasteiger partial charge in [0.25, 0.3) is 5.91 Å². The molecule has 1 aliphatic rings. The molecule has 0 aromatic heterocycles. The summed E-state index contributed by atoms with van der Waals surface area (Å²) in [7, 11) is 0. The van der Waals surface area contributed by atoms with Gasteiger partial charge in [-0.2, -0.15) is 0 Å². The molecular weight excluding hydrogens is 312 g/mol. The first-order valence-electron chi connectivity index (χ1n) is 8.30. The number of carbonyl (C=O) groups is 4. The van der Waals surface area contributed by atoms with E-state index in [-0.39, 0.29) is 31.1 Å². The molecule has 0 aliphatic carbocycles. The third kappa shape index (κ3) is 6.39. The molecule has 1 saturated heterocycles. The lowest BCUT2D eigenvalue weighted by Gasteiger charge is -2.24. The van der Waals surface area contributed by atoms with E-state index in [1.165, 1.54) is 0 Å². The largest absolute Gasteiger partial charge is 0.464 e. The predicted molar refractivity (Wildman–Crippen MR) is 87.9 cm³/mol. The Morgan fingerprint density at radius 1 is 1.33 bits per heavy atom. The number of nitrogens with one attached hydrogen (secondary N) is 1. The molecule has 3 N–H and O–H groups in total. The molecule has 2 unspecified atom stereocenters. The molecule has 1 rings (SSSR count). The van der Waals surface area contributed by atoms with Crippen molar-refractivity contribution in [1.82, 2.24) is 5.32 Å². The third-order valence-electron chi connectivity index (χ3n) is 4.03. The highest BCUT2D eigenvalue weighted by atomic mass is 16.5. The minimum atomic E-state index is -0.635. The summed E-state index contributed by atoms with van der Waals surface area (Å²) in [6.45, 7) is 7.64. The van der Waals surface area contributed by atoms with Crippen molar-refractivity contribution in [1.29, 1.82) is 0 Å². The van der Waals surface area contributed by atoms with Gasteiger partial charge in [0, 0.05) is 30.3 Å². The summed E-state index contributed by atoms with van der Waals surface area (Å²) in [6.07, 6.45) is 0.400. The fraction of sp³-hybridized carbons (Fsp3) is 0.765. The van der Waals surface area contributed by atoms with Crippen molar-refractivity contribution in [2.45, 2.75) is 52.5 Å². The Labute approximate surface area is 142 Å². The molecule has 0 saturated carbocycles. The van der Waals surface area contributed by atoms with Gasteiger partial charge in [0.05, 0.1) is 6.42 Å². The van der Waals surface area contributed by atoms with Gasteiger partial charge in [0.15, 0.2) is 0 Å². The van der Waals surface area contributed by atoms with E-state index in [4.69, 9.17) is 10.5 Å². The quantitative estimate of drug-likeness (QED) is 0.494. The number of Topliss-reactive ketones (excluding diaryl/α,β-unsaturated/α-hetero) is 2. The van der Waals surface area contributed by atoms with Crippen LogP contribution in [0.3, 0.4) is 0 Å². The lowest BCUT2D eigenvalue weighted by molar-refractivity contribution is -0.149. The minimum absolute atomic E-state index is 0.00916. The van der Waals surface area contributed by atoms with Gasteiger partial charge in [-0.3, -0.25) is 19.2 Å². The SMILES string of the molecule is CC(C)C(CC(=O)OCC(C)(C)N)C(=O)CC1CCNC(=O)C1=O. The summed E-state index contributed by atoms with van der Waals surface area (Å²) in [5, 5.41) is 2.46. The molecule has 136 valence electrons. The van der Waals surface area contributed by atoms with Crippen LogP contribution in [-0.2, 0) is 23.9 Å². The summed E-state index contributed by atoms with van der Waals surface area (Å²) in [5.74, 6) is -3.03. The molecular formula is C17H28N2O5. The normalized spacial score (nSPS) is 19.8. The number of piperidine rings is 1. The van der Waals surface area contributed by atoms with Gasteiger partial charge < -0.3 is 15.8 Å². The molecule has 0 aromatic rings. The Hall–Kier alpha value is -1.76. The maximum Gasteiger partial charge on any atom is 0.306 e. The van der Waals surface area contributed by atoms with Crippen LogP contribution in [0.15, 0.2) is 0 Å². The monoisotopic (exact) mass is 340 g/mol. The molecule has 1 aliphatic heterocycles. The van der Waals surface area contributed by atoms with Gasteiger partial charge in [-0.05, 0) is 26.2 Å². The van der Waals surface area contributed by atoms with Gasteiger partial charge >= 0.3 is 5.97 Å². The van der Waals surface area contributed by atoms with Crippen LogP contribution in [0, 0.1) is 17.8 Å². The zero-order chi connectivity index (χ0) is 18.5. The second-order valence-corrected chi connectivity index (χ2v) is 7.48. The Balaban J connectivity index is 2.63. The Morgan fingerprint density at radius 3 is 2.50 bits per heavy atom. The van der Waals surface area contributed by atoms with E-state index < -0.39 is 35.0 Å². The fourth-order valence-corrected chi connectivity index (χ4v) is 2.58. The van der Waals surface area contributed by atoms with Crippen molar-refractivity contribution >= 4 is 23.4 Å². The lowest BCUT2D eigenvalue weighted by atomic mass is 9.81. The molecule has 7 nitrogen and oxygen atoms in total. The van der Waals surface area contributed by atoms with E-state index in [0.29, 0.717) is 13.0 Å². The van der Waals surface area contributed by atoms with E-state index in [1.807, 2.05) is 13.8 Å². The molecule has 0 spiro atoms. The average Bonchev–Trinajstić information content (AvgIpc) is 2.46. The van der Waals surface area contributed by atoms with Crippen molar-refractivity contribution in [3.63, 3.8) is 0 Å². The van der Waals surface area contributed by atoms with Gasteiger partial charge in [0.1, 0.15) is 12.4 Å². The van der Waals surface area contributed by atoms with Crippen LogP contribution >= 0.6 is 0 Å². The molecule has 1 fully saturated rings. The summed E-state index contributed by atoms with van der Waals surface area (Å²) in [6, 6.07) is 0. The number of amides is 1. The van der Waals surface area contributed by atoms with Crippen molar-refractivity contribution in [2.24, 2.45) is 23.5 Å². The second kappa shape index (κ2) is 8.37. The molecule has 1 amide bonds. The van der Waals surface area contributed by atoms with Crippen LogP contribution in [0.4, 0.5) is 0 Å². The smallest absolute Gasteiger partial charge is 0.306 e. The topological polar surface area (TPSA) is 116 Å². The first-order chi connectivity index (χ1) is 11.0. The number of carbonyl (C=O) groups excluding carboxylic acids is 4. The van der Waals surface area contributed by atoms with E-state index in [2.05, 4.69) is 5.32 Å². The average molecular weight is 340 g/mol. The Morgan fingerprint density at radius 2 is 1.96 bits per heavy atom. The van der Waals surface area contributed by atoms with Crippen molar-refractivity contribution < 1.29 is 23.9 Å². The first-order valence-corrected chi connectivity index (χ1v) is 8.30. The number of hydrogen-bond donors (Lipinski definition) is 2. The zero-order valence-electron chi connectivity index (χ0n) is 14.9. The van der Waals surface area contributed by atoms with Crippen LogP contribution in [0.25, 0.3) is 0 Å².